The van der Waals surface area contributed by atoms with E-state index in [1.807, 2.05) is 25.1 Å². The van der Waals surface area contributed by atoms with Gasteiger partial charge < -0.3 is 19.1 Å². The number of nitrogens with one attached hydrogen (secondary N) is 1. The molecule has 0 unspecified atom stereocenters. The molecule has 1 aromatic carbocycles. The molecule has 0 saturated heterocycles. The van der Waals surface area contributed by atoms with Crippen LogP contribution in [0, 0.1) is 17.8 Å². The van der Waals surface area contributed by atoms with Crippen molar-refractivity contribution < 1.29 is 27.4 Å². The van der Waals surface area contributed by atoms with E-state index in [4.69, 9.17) is 30.8 Å². The van der Waals surface area contributed by atoms with E-state index in [0.717, 1.165) is 25.7 Å². The molecule has 1 saturated carbocycles. The average molecular weight is 674 g/mol. The number of benzene rings is 1. The Kier molecular flexibility index (Phi) is 11.0. The van der Waals surface area contributed by atoms with Gasteiger partial charge in [0.2, 0.25) is 10.0 Å². The molecule has 5 rings (SSSR count). The summed E-state index contributed by atoms with van der Waals surface area (Å²) in [6, 6.07) is 9.36. The summed E-state index contributed by atoms with van der Waals surface area (Å²) in [4.78, 5) is 20.5. The summed E-state index contributed by atoms with van der Waals surface area (Å²) in [6.45, 7) is 8.20. The number of halogens is 1. The smallest absolute Gasteiger partial charge is 0.283 e. The standard InChI is InChI=1S/C35H48ClN3O6S/c1-6-8-24-19-27(36)11-12-28(24)26-21-39-20-25-10-13-29(25)35(3,44-5)17-7-9-23(2)32(16-18-43-4)46(41,42)38-34(40)30-14-15-31(45-22-26)33(39)37-30/h7,11-12,14-15,17,19,23,25-26,29,32H,6,8-10,13,16,18,20-22H2,1-5H3,(H,38,40)/b17-7+/t23-,25-,26-,29+,32+,35-/m0/s1. The lowest BCUT2D eigenvalue weighted by Crippen LogP contribution is -2.50. The van der Waals surface area contributed by atoms with Gasteiger partial charge >= 0.3 is 0 Å². The number of aryl methyl sites for hydroxylation is 1. The van der Waals surface area contributed by atoms with Crippen LogP contribution in [0.25, 0.3) is 0 Å². The molecule has 2 aliphatic heterocycles. The molecule has 3 heterocycles. The Bertz CT molecular complexity index is 1530. The summed E-state index contributed by atoms with van der Waals surface area (Å²) >= 11 is 6.41. The van der Waals surface area contributed by atoms with Gasteiger partial charge in [0, 0.05) is 44.9 Å². The van der Waals surface area contributed by atoms with Gasteiger partial charge in [-0.05, 0) is 92.2 Å². The highest BCUT2D eigenvalue weighted by Gasteiger charge is 2.45. The number of nitrogens with zero attached hydrogens (tertiary/aromatic N) is 2. The van der Waals surface area contributed by atoms with Crippen LogP contribution in [0.3, 0.4) is 0 Å². The summed E-state index contributed by atoms with van der Waals surface area (Å²) < 4.78 is 47.5. The van der Waals surface area contributed by atoms with Gasteiger partial charge in [-0.25, -0.2) is 18.1 Å². The third-order valence-corrected chi connectivity index (χ3v) is 12.4. The molecule has 1 fully saturated rings. The number of amides is 1. The number of sulfonamides is 1. The second-order valence-electron chi connectivity index (χ2n) is 13.3. The Morgan fingerprint density at radius 3 is 2.67 bits per heavy atom. The van der Waals surface area contributed by atoms with Crippen molar-refractivity contribution in [3.05, 3.63) is 64.3 Å². The average Bonchev–Trinajstić information content (AvgIpc) is 3.18. The first-order valence-electron chi connectivity index (χ1n) is 16.4. The van der Waals surface area contributed by atoms with E-state index in [2.05, 4.69) is 35.6 Å². The number of ether oxygens (including phenoxy) is 3. The van der Waals surface area contributed by atoms with Crippen LogP contribution in [0.5, 0.6) is 5.75 Å². The van der Waals surface area contributed by atoms with Gasteiger partial charge in [0.1, 0.15) is 5.69 Å². The topological polar surface area (TPSA) is 107 Å². The summed E-state index contributed by atoms with van der Waals surface area (Å²) in [7, 11) is -0.764. The number of anilines is 1. The highest BCUT2D eigenvalue weighted by molar-refractivity contribution is 7.90. The molecule has 1 amide bonds. The second-order valence-corrected chi connectivity index (χ2v) is 15.6. The first-order valence-corrected chi connectivity index (χ1v) is 18.4. The largest absolute Gasteiger partial charge is 0.489 e. The van der Waals surface area contributed by atoms with E-state index in [0.29, 0.717) is 48.6 Å². The van der Waals surface area contributed by atoms with Gasteiger partial charge in [0.15, 0.2) is 11.6 Å². The summed E-state index contributed by atoms with van der Waals surface area (Å²) in [5.41, 5.74) is 1.92. The lowest BCUT2D eigenvalue weighted by molar-refractivity contribution is -0.0621. The Morgan fingerprint density at radius 1 is 1.17 bits per heavy atom. The molecule has 3 aliphatic rings. The zero-order valence-corrected chi connectivity index (χ0v) is 29.2. The van der Waals surface area contributed by atoms with Gasteiger partial charge in [0.05, 0.1) is 17.5 Å². The molecule has 0 radical (unpaired) electrons. The molecule has 6 atom stereocenters. The highest BCUT2D eigenvalue weighted by Crippen LogP contribution is 2.46. The summed E-state index contributed by atoms with van der Waals surface area (Å²) in [5.74, 6) is 0.716. The Labute approximate surface area is 279 Å². The fourth-order valence-electron chi connectivity index (χ4n) is 7.38. The van der Waals surface area contributed by atoms with E-state index in [1.54, 1.807) is 26.4 Å². The maximum absolute atomic E-state index is 13.7. The maximum atomic E-state index is 13.7. The second kappa shape index (κ2) is 14.6. The van der Waals surface area contributed by atoms with Gasteiger partial charge in [-0.2, -0.15) is 0 Å². The minimum atomic E-state index is -4.05. The molecule has 1 N–H and O–H groups in total. The SMILES string of the molecule is CCCc1cc(Cl)ccc1[C@@H]1COc2ccc3nc2N(C1)C[C@@H]1CC[C@H]1[C@@](C)(OC)/C=C/C[C@H](C)[C@@H](CCOC)S(=O)(=O)NC3=O. The van der Waals surface area contributed by atoms with Crippen molar-refractivity contribution in [2.45, 2.75) is 76.1 Å². The van der Waals surface area contributed by atoms with Crippen LogP contribution in [0.2, 0.25) is 5.02 Å². The minimum absolute atomic E-state index is 0.0320. The van der Waals surface area contributed by atoms with Crippen molar-refractivity contribution in [3.8, 4) is 5.75 Å². The molecule has 2 aromatic rings. The van der Waals surface area contributed by atoms with Gasteiger partial charge in [-0.3, -0.25) is 4.79 Å². The quantitative estimate of drug-likeness (QED) is 0.348. The van der Waals surface area contributed by atoms with Crippen LogP contribution in [-0.4, -0.2) is 70.7 Å². The van der Waals surface area contributed by atoms with Crippen molar-refractivity contribution in [3.63, 3.8) is 0 Å². The lowest BCUT2D eigenvalue weighted by atomic mass is 9.64. The van der Waals surface area contributed by atoms with Crippen LogP contribution in [-0.2, 0) is 25.9 Å². The van der Waals surface area contributed by atoms with Crippen LogP contribution >= 0.6 is 11.6 Å². The van der Waals surface area contributed by atoms with E-state index in [9.17, 15) is 13.2 Å². The fourth-order valence-corrected chi connectivity index (χ4v) is 9.22. The zero-order valence-electron chi connectivity index (χ0n) is 27.6. The number of carbonyl (C=O) groups excluding carboxylic acids is 1. The third kappa shape index (κ3) is 7.40. The maximum Gasteiger partial charge on any atom is 0.283 e. The molecule has 11 heteroatoms. The molecule has 1 aliphatic carbocycles. The number of fused-ring (bicyclic) bond motifs is 2. The van der Waals surface area contributed by atoms with Crippen LogP contribution < -0.4 is 14.4 Å². The summed E-state index contributed by atoms with van der Waals surface area (Å²) in [5, 5.41) is -0.122. The predicted octanol–water partition coefficient (Wildman–Crippen LogP) is 6.16. The van der Waals surface area contributed by atoms with Crippen LogP contribution in [0.1, 0.15) is 80.4 Å². The number of hydrogen-bond acceptors (Lipinski definition) is 8. The predicted molar refractivity (Wildman–Crippen MR) is 181 cm³/mol. The Balaban J connectivity index is 1.57. The minimum Gasteiger partial charge on any atom is -0.489 e. The molecular weight excluding hydrogens is 626 g/mol. The summed E-state index contributed by atoms with van der Waals surface area (Å²) in [6.07, 6.45) is 8.89. The lowest BCUT2D eigenvalue weighted by Gasteiger charge is -2.48. The molecule has 9 nitrogen and oxygen atoms in total. The number of allylic oxidation sites excluding steroid dienone is 1. The Morgan fingerprint density at radius 2 is 1.98 bits per heavy atom. The third-order valence-electron chi connectivity index (χ3n) is 10.2. The van der Waals surface area contributed by atoms with Crippen LogP contribution in [0.15, 0.2) is 42.5 Å². The number of rotatable bonds is 7. The number of methoxy groups -OCH3 is 2. The number of aromatic nitrogens is 1. The van der Waals surface area contributed by atoms with Gasteiger partial charge in [-0.1, -0.05) is 50.1 Å². The Hall–Kier alpha value is -2.66. The van der Waals surface area contributed by atoms with E-state index in [-0.39, 0.29) is 36.5 Å². The van der Waals surface area contributed by atoms with Crippen molar-refractivity contribution in [1.82, 2.24) is 9.71 Å². The molecular formula is C35H48ClN3O6S. The normalized spacial score (nSPS) is 30.3. The van der Waals surface area contributed by atoms with E-state index < -0.39 is 26.8 Å². The first kappa shape index (κ1) is 34.7. The monoisotopic (exact) mass is 673 g/mol. The van der Waals surface area contributed by atoms with E-state index >= 15 is 0 Å². The molecule has 2 bridgehead atoms. The first-order chi connectivity index (χ1) is 22.0. The zero-order chi connectivity index (χ0) is 33.1. The molecule has 252 valence electrons. The van der Waals surface area contributed by atoms with Gasteiger partial charge in [-0.15, -0.1) is 0 Å². The van der Waals surface area contributed by atoms with Crippen molar-refractivity contribution in [1.29, 1.82) is 0 Å². The highest BCUT2D eigenvalue weighted by atomic mass is 35.5. The fraction of sp³-hybridized carbons (Fsp3) is 0.600. The number of hydrogen-bond donors (Lipinski definition) is 1. The van der Waals surface area contributed by atoms with Crippen molar-refractivity contribution >= 4 is 33.3 Å². The van der Waals surface area contributed by atoms with Crippen molar-refractivity contribution in [2.75, 3.05) is 45.4 Å². The molecule has 1 aromatic heterocycles. The van der Waals surface area contributed by atoms with E-state index in [1.165, 1.54) is 11.1 Å². The van der Waals surface area contributed by atoms with Crippen molar-refractivity contribution in [2.24, 2.45) is 17.8 Å². The molecule has 46 heavy (non-hydrogen) atoms. The van der Waals surface area contributed by atoms with Crippen LogP contribution in [0.4, 0.5) is 5.82 Å². The number of carbonyl (C=O) groups is 1. The number of pyridine rings is 1. The van der Waals surface area contributed by atoms with Gasteiger partial charge in [0.25, 0.3) is 5.91 Å². The molecule has 0 spiro atoms.